The lowest BCUT2D eigenvalue weighted by molar-refractivity contribution is -0.140. The van der Waals surface area contributed by atoms with Crippen LogP contribution in [0, 0.1) is 0 Å². The number of benzene rings is 4. The lowest BCUT2D eigenvalue weighted by Gasteiger charge is -2.08. The fraction of sp³-hybridized carbons (Fsp3) is 0.125. The van der Waals surface area contributed by atoms with Crippen LogP contribution >= 0.6 is 0 Å². The Bertz CT molecular complexity index is 1320. The molecule has 0 fully saturated rings. The summed E-state index contributed by atoms with van der Waals surface area (Å²) in [4.78, 5) is 48.7. The highest BCUT2D eigenvalue weighted by Gasteiger charge is 2.14. The second-order valence-electron chi connectivity index (χ2n) is 8.62. The van der Waals surface area contributed by atoms with Gasteiger partial charge in [-0.25, -0.2) is 9.59 Å². The molecular formula is C32H26O8. The third kappa shape index (κ3) is 8.66. The van der Waals surface area contributed by atoms with Crippen molar-refractivity contribution >= 4 is 23.9 Å². The Labute approximate surface area is 231 Å². The molecule has 0 unspecified atom stereocenters. The van der Waals surface area contributed by atoms with Crippen LogP contribution in [-0.4, -0.2) is 23.9 Å². The van der Waals surface area contributed by atoms with Crippen LogP contribution in [-0.2, 0) is 32.3 Å². The molecule has 0 N–H and O–H groups in total. The van der Waals surface area contributed by atoms with E-state index in [2.05, 4.69) is 0 Å². The van der Waals surface area contributed by atoms with Crippen molar-refractivity contribution in [2.24, 2.45) is 0 Å². The van der Waals surface area contributed by atoms with E-state index in [9.17, 15) is 19.2 Å². The van der Waals surface area contributed by atoms with Crippen LogP contribution in [0.3, 0.4) is 0 Å². The van der Waals surface area contributed by atoms with Crippen molar-refractivity contribution in [1.82, 2.24) is 0 Å². The predicted molar refractivity (Wildman–Crippen MR) is 145 cm³/mol. The zero-order chi connectivity index (χ0) is 28.2. The van der Waals surface area contributed by atoms with Crippen LogP contribution in [0.2, 0.25) is 0 Å². The molecule has 0 heterocycles. The highest BCUT2D eigenvalue weighted by Crippen LogP contribution is 2.17. The van der Waals surface area contributed by atoms with Crippen LogP contribution in [0.1, 0.15) is 44.7 Å². The average molecular weight is 539 g/mol. The SMILES string of the molecule is O=C(CCC(=O)Oc1ccc(C(=O)OCc2ccccc2)cc1)Oc1ccc(C(=O)OCc2ccccc2)cc1. The van der Waals surface area contributed by atoms with Crippen molar-refractivity contribution in [3.63, 3.8) is 0 Å². The van der Waals surface area contributed by atoms with E-state index in [-0.39, 0.29) is 37.6 Å². The van der Waals surface area contributed by atoms with Gasteiger partial charge in [-0.2, -0.15) is 0 Å². The molecule has 4 aromatic rings. The maximum Gasteiger partial charge on any atom is 0.338 e. The van der Waals surface area contributed by atoms with Gasteiger partial charge in [0.2, 0.25) is 0 Å². The summed E-state index contributed by atoms with van der Waals surface area (Å²) in [6, 6.07) is 30.5. The van der Waals surface area contributed by atoms with Crippen LogP contribution < -0.4 is 9.47 Å². The molecule has 40 heavy (non-hydrogen) atoms. The molecule has 0 spiro atoms. The second kappa shape index (κ2) is 14.1. The first-order valence-corrected chi connectivity index (χ1v) is 12.5. The van der Waals surface area contributed by atoms with Crippen LogP contribution in [0.5, 0.6) is 11.5 Å². The van der Waals surface area contributed by atoms with Crippen molar-refractivity contribution in [3.8, 4) is 11.5 Å². The molecule has 4 aromatic carbocycles. The Kier molecular flexibility index (Phi) is 9.77. The standard InChI is InChI=1S/C32H26O8/c33-29(39-27-15-11-25(12-16-27)31(35)37-21-23-7-3-1-4-8-23)19-20-30(34)40-28-17-13-26(14-18-28)32(36)38-22-24-9-5-2-6-10-24/h1-18H,19-22H2. The van der Waals surface area contributed by atoms with E-state index in [0.29, 0.717) is 11.1 Å². The maximum atomic E-state index is 12.2. The molecule has 0 saturated heterocycles. The van der Waals surface area contributed by atoms with Gasteiger partial charge in [-0.15, -0.1) is 0 Å². The van der Waals surface area contributed by atoms with E-state index in [4.69, 9.17) is 18.9 Å². The summed E-state index contributed by atoms with van der Waals surface area (Å²) in [7, 11) is 0. The van der Waals surface area contributed by atoms with E-state index in [1.165, 1.54) is 48.5 Å². The summed E-state index contributed by atoms with van der Waals surface area (Å²) in [5, 5.41) is 0. The lowest BCUT2D eigenvalue weighted by Crippen LogP contribution is -2.14. The molecule has 0 saturated carbocycles. The molecule has 8 nitrogen and oxygen atoms in total. The topological polar surface area (TPSA) is 105 Å². The van der Waals surface area contributed by atoms with Gasteiger partial charge < -0.3 is 18.9 Å². The van der Waals surface area contributed by atoms with Crippen LogP contribution in [0.15, 0.2) is 109 Å². The minimum absolute atomic E-state index is 0.151. The minimum Gasteiger partial charge on any atom is -0.457 e. The molecule has 0 radical (unpaired) electrons. The van der Waals surface area contributed by atoms with E-state index in [1.807, 2.05) is 60.7 Å². The number of carbonyl (C=O) groups excluding carboxylic acids is 4. The number of carbonyl (C=O) groups is 4. The molecule has 0 aliphatic carbocycles. The molecule has 0 aromatic heterocycles. The third-order valence-corrected chi connectivity index (χ3v) is 5.60. The van der Waals surface area contributed by atoms with Gasteiger partial charge in [0.05, 0.1) is 24.0 Å². The van der Waals surface area contributed by atoms with Crippen molar-refractivity contribution in [2.45, 2.75) is 26.1 Å². The van der Waals surface area contributed by atoms with Gasteiger partial charge in [0, 0.05) is 0 Å². The molecule has 0 atom stereocenters. The van der Waals surface area contributed by atoms with Gasteiger partial charge >= 0.3 is 23.9 Å². The van der Waals surface area contributed by atoms with E-state index < -0.39 is 23.9 Å². The molecule has 0 aliphatic heterocycles. The summed E-state index contributed by atoms with van der Waals surface area (Å²) in [6.07, 6.45) is -0.410. The molecule has 0 bridgehead atoms. The fourth-order valence-corrected chi connectivity index (χ4v) is 3.50. The lowest BCUT2D eigenvalue weighted by atomic mass is 10.2. The Morgan fingerprint density at radius 2 is 0.800 bits per heavy atom. The van der Waals surface area contributed by atoms with Gasteiger partial charge in [-0.3, -0.25) is 9.59 Å². The number of hydrogen-bond donors (Lipinski definition) is 0. The number of ether oxygens (including phenoxy) is 4. The number of hydrogen-bond acceptors (Lipinski definition) is 8. The van der Waals surface area contributed by atoms with Crippen molar-refractivity contribution in [3.05, 3.63) is 131 Å². The minimum atomic E-state index is -0.632. The van der Waals surface area contributed by atoms with Gasteiger partial charge in [0.1, 0.15) is 24.7 Å². The summed E-state index contributed by atoms with van der Waals surface area (Å²) in [5.41, 5.74) is 2.37. The van der Waals surface area contributed by atoms with Crippen molar-refractivity contribution in [1.29, 1.82) is 0 Å². The monoisotopic (exact) mass is 538 g/mol. The van der Waals surface area contributed by atoms with Crippen LogP contribution in [0.25, 0.3) is 0 Å². The quantitative estimate of drug-likeness (QED) is 0.177. The van der Waals surface area contributed by atoms with Gasteiger partial charge in [-0.1, -0.05) is 60.7 Å². The summed E-state index contributed by atoms with van der Waals surface area (Å²) < 4.78 is 21.0. The van der Waals surface area contributed by atoms with Gasteiger partial charge in [-0.05, 0) is 59.7 Å². The first kappa shape index (κ1) is 27.8. The van der Waals surface area contributed by atoms with Crippen LogP contribution in [0.4, 0.5) is 0 Å². The van der Waals surface area contributed by atoms with E-state index >= 15 is 0 Å². The van der Waals surface area contributed by atoms with Gasteiger partial charge in [0.15, 0.2) is 0 Å². The van der Waals surface area contributed by atoms with Crippen molar-refractivity contribution in [2.75, 3.05) is 0 Å². The Morgan fingerprint density at radius 1 is 0.450 bits per heavy atom. The smallest absolute Gasteiger partial charge is 0.338 e. The molecule has 202 valence electrons. The maximum absolute atomic E-state index is 12.2. The Balaban J connectivity index is 1.16. The summed E-state index contributed by atoms with van der Waals surface area (Å²) in [5.74, 6) is -1.80. The Morgan fingerprint density at radius 3 is 1.15 bits per heavy atom. The number of esters is 4. The van der Waals surface area contributed by atoms with E-state index in [0.717, 1.165) is 11.1 Å². The zero-order valence-electron chi connectivity index (χ0n) is 21.5. The summed E-state index contributed by atoms with van der Waals surface area (Å²) >= 11 is 0. The molecule has 8 heteroatoms. The highest BCUT2D eigenvalue weighted by atomic mass is 16.5. The fourth-order valence-electron chi connectivity index (χ4n) is 3.50. The van der Waals surface area contributed by atoms with Crippen molar-refractivity contribution < 1.29 is 38.1 Å². The first-order chi connectivity index (χ1) is 19.5. The summed E-state index contributed by atoms with van der Waals surface area (Å²) in [6.45, 7) is 0.301. The Hall–Kier alpha value is -5.24. The highest BCUT2D eigenvalue weighted by molar-refractivity contribution is 5.90. The predicted octanol–water partition coefficient (Wildman–Crippen LogP) is 5.69. The molecule has 4 rings (SSSR count). The second-order valence-corrected chi connectivity index (χ2v) is 8.62. The normalized spacial score (nSPS) is 10.3. The number of rotatable bonds is 11. The largest absolute Gasteiger partial charge is 0.457 e. The molecule has 0 aliphatic rings. The third-order valence-electron chi connectivity index (χ3n) is 5.60. The molecule has 0 amide bonds. The van der Waals surface area contributed by atoms with Gasteiger partial charge in [0.25, 0.3) is 0 Å². The first-order valence-electron chi connectivity index (χ1n) is 12.5. The van der Waals surface area contributed by atoms with E-state index in [1.54, 1.807) is 0 Å². The average Bonchev–Trinajstić information content (AvgIpc) is 2.99. The zero-order valence-corrected chi connectivity index (χ0v) is 21.5. The molecular weight excluding hydrogens is 512 g/mol.